The first kappa shape index (κ1) is 16.1. The summed E-state index contributed by atoms with van der Waals surface area (Å²) in [7, 11) is 0. The van der Waals surface area contributed by atoms with Crippen molar-refractivity contribution in [3.8, 4) is 0 Å². The fraction of sp³-hybridized carbons (Fsp3) is 0.867. The lowest BCUT2D eigenvalue weighted by Crippen LogP contribution is -2.61. The van der Waals surface area contributed by atoms with Crippen molar-refractivity contribution in [1.82, 2.24) is 10.2 Å². The standard InChI is InChI=1S/C15H26N2O4/c1-4-6-15(12(18)19)7-5-9-17(15)13(20)16-14(3)8-10-21-11(14)2/h11H,4-10H2,1-3H3,(H,16,20)(H,18,19). The Balaban J connectivity index is 2.15. The van der Waals surface area contributed by atoms with E-state index in [1.807, 2.05) is 20.8 Å². The highest BCUT2D eigenvalue weighted by Crippen LogP contribution is 2.35. The van der Waals surface area contributed by atoms with E-state index in [2.05, 4.69) is 5.32 Å². The molecule has 0 aromatic heterocycles. The van der Waals surface area contributed by atoms with Crippen molar-refractivity contribution in [3.05, 3.63) is 0 Å². The second kappa shape index (κ2) is 5.83. The molecule has 2 fully saturated rings. The molecule has 120 valence electrons. The van der Waals surface area contributed by atoms with E-state index in [0.29, 0.717) is 26.0 Å². The van der Waals surface area contributed by atoms with Crippen LogP contribution in [-0.2, 0) is 9.53 Å². The van der Waals surface area contributed by atoms with Crippen molar-refractivity contribution in [2.45, 2.75) is 70.1 Å². The zero-order valence-corrected chi connectivity index (χ0v) is 13.1. The largest absolute Gasteiger partial charge is 0.479 e. The number of aliphatic carboxylic acids is 1. The molecule has 2 saturated heterocycles. The number of nitrogens with one attached hydrogen (secondary N) is 1. The van der Waals surface area contributed by atoms with E-state index >= 15 is 0 Å². The Morgan fingerprint density at radius 1 is 1.43 bits per heavy atom. The number of hydrogen-bond donors (Lipinski definition) is 2. The van der Waals surface area contributed by atoms with Crippen LogP contribution in [0.3, 0.4) is 0 Å². The third kappa shape index (κ3) is 2.73. The monoisotopic (exact) mass is 298 g/mol. The predicted molar refractivity (Wildman–Crippen MR) is 78.2 cm³/mol. The van der Waals surface area contributed by atoms with Gasteiger partial charge in [0.05, 0.1) is 11.6 Å². The normalized spacial score (nSPS) is 36.0. The van der Waals surface area contributed by atoms with Gasteiger partial charge in [-0.05, 0) is 39.5 Å². The highest BCUT2D eigenvalue weighted by Gasteiger charge is 2.50. The zero-order chi connectivity index (χ0) is 15.7. The smallest absolute Gasteiger partial charge is 0.329 e. The first-order chi connectivity index (χ1) is 9.85. The zero-order valence-electron chi connectivity index (χ0n) is 13.1. The maximum absolute atomic E-state index is 12.6. The summed E-state index contributed by atoms with van der Waals surface area (Å²) in [4.78, 5) is 25.9. The molecule has 2 heterocycles. The Hall–Kier alpha value is -1.30. The highest BCUT2D eigenvalue weighted by molar-refractivity contribution is 5.87. The number of carbonyl (C=O) groups is 2. The molecule has 0 saturated carbocycles. The minimum Gasteiger partial charge on any atom is -0.479 e. The number of ether oxygens (including phenoxy) is 1. The highest BCUT2D eigenvalue weighted by atomic mass is 16.5. The molecule has 0 radical (unpaired) electrons. The van der Waals surface area contributed by atoms with Crippen LogP contribution in [0.4, 0.5) is 4.79 Å². The van der Waals surface area contributed by atoms with Gasteiger partial charge in [0.1, 0.15) is 5.54 Å². The molecule has 2 amide bonds. The van der Waals surface area contributed by atoms with Gasteiger partial charge in [-0.1, -0.05) is 13.3 Å². The molecule has 2 aliphatic rings. The SMILES string of the molecule is CCCC1(C(=O)O)CCCN1C(=O)NC1(C)CCOC1C. The van der Waals surface area contributed by atoms with Crippen LogP contribution >= 0.6 is 0 Å². The number of hydrogen-bond acceptors (Lipinski definition) is 3. The fourth-order valence-corrected chi connectivity index (χ4v) is 3.49. The molecule has 0 aromatic carbocycles. The quantitative estimate of drug-likeness (QED) is 0.832. The third-order valence-electron chi connectivity index (χ3n) is 5.07. The van der Waals surface area contributed by atoms with Gasteiger partial charge < -0.3 is 20.1 Å². The second-order valence-corrected chi connectivity index (χ2v) is 6.45. The molecule has 2 N–H and O–H groups in total. The second-order valence-electron chi connectivity index (χ2n) is 6.45. The van der Waals surface area contributed by atoms with Crippen LogP contribution in [-0.4, -0.2) is 52.3 Å². The van der Waals surface area contributed by atoms with Crippen molar-refractivity contribution < 1.29 is 19.4 Å². The van der Waals surface area contributed by atoms with E-state index in [0.717, 1.165) is 19.3 Å². The Kier molecular flexibility index (Phi) is 4.46. The predicted octanol–water partition coefficient (Wildman–Crippen LogP) is 1.98. The van der Waals surface area contributed by atoms with Gasteiger partial charge in [-0.15, -0.1) is 0 Å². The van der Waals surface area contributed by atoms with E-state index in [1.54, 1.807) is 0 Å². The van der Waals surface area contributed by atoms with Crippen LogP contribution in [0.15, 0.2) is 0 Å². The molecule has 0 aliphatic carbocycles. The van der Waals surface area contributed by atoms with Crippen molar-refractivity contribution in [3.63, 3.8) is 0 Å². The van der Waals surface area contributed by atoms with Crippen molar-refractivity contribution in [2.24, 2.45) is 0 Å². The van der Waals surface area contributed by atoms with Gasteiger partial charge in [-0.3, -0.25) is 0 Å². The fourth-order valence-electron chi connectivity index (χ4n) is 3.49. The number of likely N-dealkylation sites (tertiary alicyclic amines) is 1. The Morgan fingerprint density at radius 3 is 2.67 bits per heavy atom. The molecule has 6 heteroatoms. The lowest BCUT2D eigenvalue weighted by molar-refractivity contribution is -0.148. The van der Waals surface area contributed by atoms with Crippen LogP contribution in [0.1, 0.15) is 52.9 Å². The summed E-state index contributed by atoms with van der Waals surface area (Å²) in [6.45, 7) is 6.97. The first-order valence-corrected chi connectivity index (χ1v) is 7.80. The molecule has 0 bridgehead atoms. The molecule has 0 aromatic rings. The summed E-state index contributed by atoms with van der Waals surface area (Å²) < 4.78 is 5.53. The third-order valence-corrected chi connectivity index (χ3v) is 5.07. The van der Waals surface area contributed by atoms with Gasteiger partial charge >= 0.3 is 12.0 Å². The number of carbonyl (C=O) groups excluding carboxylic acids is 1. The molecular formula is C15H26N2O4. The summed E-state index contributed by atoms with van der Waals surface area (Å²) >= 11 is 0. The van der Waals surface area contributed by atoms with Crippen molar-refractivity contribution >= 4 is 12.0 Å². The number of nitrogens with zero attached hydrogens (tertiary/aromatic N) is 1. The van der Waals surface area contributed by atoms with E-state index in [4.69, 9.17) is 4.74 Å². The molecule has 2 rings (SSSR count). The van der Waals surface area contributed by atoms with Gasteiger partial charge in [0.2, 0.25) is 0 Å². The van der Waals surface area contributed by atoms with E-state index in [9.17, 15) is 14.7 Å². The molecule has 6 nitrogen and oxygen atoms in total. The minimum atomic E-state index is -1.04. The first-order valence-electron chi connectivity index (χ1n) is 7.80. The maximum atomic E-state index is 12.6. The number of carboxylic acids is 1. The van der Waals surface area contributed by atoms with Crippen LogP contribution in [0.2, 0.25) is 0 Å². The van der Waals surface area contributed by atoms with Gasteiger partial charge in [0.15, 0.2) is 0 Å². The number of urea groups is 1. The average Bonchev–Trinajstić information content (AvgIpc) is 2.96. The molecule has 3 atom stereocenters. The van der Waals surface area contributed by atoms with Crippen molar-refractivity contribution in [2.75, 3.05) is 13.2 Å². The maximum Gasteiger partial charge on any atom is 0.329 e. The Labute approximate surface area is 125 Å². The summed E-state index contributed by atoms with van der Waals surface area (Å²) in [6, 6.07) is -0.275. The van der Waals surface area contributed by atoms with Crippen LogP contribution in [0, 0.1) is 0 Å². The van der Waals surface area contributed by atoms with Gasteiger partial charge in [0, 0.05) is 13.2 Å². The summed E-state index contributed by atoms with van der Waals surface area (Å²) in [5.41, 5.74) is -1.46. The molecule has 21 heavy (non-hydrogen) atoms. The number of rotatable bonds is 4. The van der Waals surface area contributed by atoms with Gasteiger partial charge in [-0.25, -0.2) is 9.59 Å². The van der Waals surface area contributed by atoms with E-state index < -0.39 is 17.0 Å². The lowest BCUT2D eigenvalue weighted by atomic mass is 9.90. The molecular weight excluding hydrogens is 272 g/mol. The van der Waals surface area contributed by atoms with Crippen LogP contribution in [0.25, 0.3) is 0 Å². The van der Waals surface area contributed by atoms with E-state index in [1.165, 1.54) is 4.90 Å². The van der Waals surface area contributed by atoms with E-state index in [-0.39, 0.29) is 12.1 Å². The van der Waals surface area contributed by atoms with Crippen LogP contribution < -0.4 is 5.32 Å². The summed E-state index contributed by atoms with van der Waals surface area (Å²) in [5, 5.41) is 12.7. The topological polar surface area (TPSA) is 78.9 Å². The molecule has 3 unspecified atom stereocenters. The number of amides is 2. The van der Waals surface area contributed by atoms with Crippen molar-refractivity contribution in [1.29, 1.82) is 0 Å². The van der Waals surface area contributed by atoms with Gasteiger partial charge in [0.25, 0.3) is 0 Å². The summed E-state index contributed by atoms with van der Waals surface area (Å²) in [6.07, 6.45) is 3.21. The number of carboxylic acid groups (broad SMARTS) is 1. The molecule has 0 spiro atoms. The minimum absolute atomic E-state index is 0.0607. The average molecular weight is 298 g/mol. The molecule has 2 aliphatic heterocycles. The lowest BCUT2D eigenvalue weighted by Gasteiger charge is -2.38. The van der Waals surface area contributed by atoms with Crippen LogP contribution in [0.5, 0.6) is 0 Å². The summed E-state index contributed by atoms with van der Waals surface area (Å²) in [5.74, 6) is -0.891. The Bertz CT molecular complexity index is 428. The Morgan fingerprint density at radius 2 is 2.14 bits per heavy atom. The van der Waals surface area contributed by atoms with Gasteiger partial charge in [-0.2, -0.15) is 0 Å².